The molecule has 0 fully saturated rings. The number of carboxylic acids is 1. The molecule has 0 unspecified atom stereocenters. The number of carboxylic acid groups (broad SMARTS) is 1. The van der Waals surface area contributed by atoms with Gasteiger partial charge in [-0.2, -0.15) is 0 Å². The molecule has 1 aliphatic rings. The third-order valence-corrected chi connectivity index (χ3v) is 4.63. The van der Waals surface area contributed by atoms with Gasteiger partial charge in [0.25, 0.3) is 0 Å². The lowest BCUT2D eigenvalue weighted by Crippen LogP contribution is -2.57. The first-order valence-corrected chi connectivity index (χ1v) is 9.54. The molecule has 1 aromatic rings. The fraction of sp³-hybridized carbons (Fsp3) is 0.600. The summed E-state index contributed by atoms with van der Waals surface area (Å²) in [7, 11) is 0. The summed E-state index contributed by atoms with van der Waals surface area (Å²) >= 11 is 0. The number of pyridine rings is 1. The van der Waals surface area contributed by atoms with Gasteiger partial charge in [-0.05, 0) is 44.6 Å². The molecule has 0 aliphatic carbocycles. The van der Waals surface area contributed by atoms with Crippen LogP contribution < -0.4 is 10.5 Å². The number of hydrogen-bond donors (Lipinski definition) is 3. The Bertz CT molecular complexity index is 622. The predicted molar refractivity (Wildman–Crippen MR) is 102 cm³/mol. The maximum Gasteiger partial charge on any atom is 0.337 e. The summed E-state index contributed by atoms with van der Waals surface area (Å²) in [6.07, 6.45) is 11.6. The Morgan fingerprint density at radius 2 is 1.89 bits per heavy atom. The van der Waals surface area contributed by atoms with Gasteiger partial charge >= 0.3 is 5.97 Å². The maximum absolute atomic E-state index is 11.7. The van der Waals surface area contributed by atoms with Crippen LogP contribution in [0, 0.1) is 0 Å². The monoisotopic (exact) mass is 378 g/mol. The van der Waals surface area contributed by atoms with Gasteiger partial charge < -0.3 is 25.4 Å². The summed E-state index contributed by atoms with van der Waals surface area (Å²) in [4.78, 5) is 15.8. The van der Waals surface area contributed by atoms with E-state index in [0.717, 1.165) is 38.5 Å². The zero-order valence-electron chi connectivity index (χ0n) is 15.7. The van der Waals surface area contributed by atoms with Crippen molar-refractivity contribution in [3.8, 4) is 5.75 Å². The second-order valence-corrected chi connectivity index (χ2v) is 6.88. The van der Waals surface area contributed by atoms with Gasteiger partial charge in [0, 0.05) is 31.0 Å². The van der Waals surface area contributed by atoms with Gasteiger partial charge in [-0.1, -0.05) is 12.2 Å². The van der Waals surface area contributed by atoms with Crippen LogP contribution in [0.1, 0.15) is 44.2 Å². The third kappa shape index (κ3) is 6.93. The Hall–Kier alpha value is -1.96. The van der Waals surface area contributed by atoms with Gasteiger partial charge in [0.15, 0.2) is 5.60 Å². The molecule has 1 aromatic heterocycles. The van der Waals surface area contributed by atoms with E-state index in [2.05, 4.69) is 17.1 Å². The molecule has 2 heterocycles. The first-order valence-electron chi connectivity index (χ1n) is 9.54. The molecule has 0 spiro atoms. The molecule has 27 heavy (non-hydrogen) atoms. The lowest BCUT2D eigenvalue weighted by Gasteiger charge is -2.29. The molecule has 0 saturated carbocycles. The number of hydrogen-bond acceptors (Lipinski definition) is 6. The highest BCUT2D eigenvalue weighted by Gasteiger charge is 2.43. The van der Waals surface area contributed by atoms with Gasteiger partial charge in [0.1, 0.15) is 5.75 Å². The molecule has 7 heteroatoms. The number of aliphatic hydroxyl groups is 1. The van der Waals surface area contributed by atoms with Crippen LogP contribution in [0.2, 0.25) is 0 Å². The minimum atomic E-state index is -2.16. The number of aromatic nitrogens is 1. The molecular formula is C20H30N2O5. The van der Waals surface area contributed by atoms with E-state index in [-0.39, 0.29) is 13.0 Å². The minimum absolute atomic E-state index is 0.0329. The molecule has 2 bridgehead atoms. The van der Waals surface area contributed by atoms with Gasteiger partial charge in [0.05, 0.1) is 19.3 Å². The van der Waals surface area contributed by atoms with Crippen molar-refractivity contribution in [1.82, 2.24) is 4.98 Å². The van der Waals surface area contributed by atoms with Crippen molar-refractivity contribution >= 4 is 5.97 Å². The van der Waals surface area contributed by atoms with Crippen molar-refractivity contribution in [3.05, 3.63) is 36.2 Å². The van der Waals surface area contributed by atoms with E-state index >= 15 is 0 Å². The highest BCUT2D eigenvalue weighted by Crippen LogP contribution is 2.20. The second-order valence-electron chi connectivity index (χ2n) is 6.88. The zero-order chi connectivity index (χ0) is 19.5. The summed E-state index contributed by atoms with van der Waals surface area (Å²) in [6, 6.07) is 2.30. The van der Waals surface area contributed by atoms with Crippen LogP contribution >= 0.6 is 0 Å². The molecule has 0 amide bonds. The zero-order valence-corrected chi connectivity index (χ0v) is 15.7. The van der Waals surface area contributed by atoms with Gasteiger partial charge in [-0.15, -0.1) is 0 Å². The standard InChI is InChI=1S/C20H30N2O5/c21-18-15-26-11-7-5-3-1-2-4-6-8-12-27-17-9-10-22-16(13-17)14-20(18,25)19(23)24/h1-2,9-10,13,18,25H,3-8,11-12,14-15,21H2,(H,23,24)/t18-,20+/m0/s1. The number of aliphatic carboxylic acids is 1. The maximum atomic E-state index is 11.7. The van der Waals surface area contributed by atoms with E-state index in [1.54, 1.807) is 18.3 Å². The number of carbonyl (C=O) groups is 1. The number of rotatable bonds is 1. The topological polar surface area (TPSA) is 115 Å². The molecule has 1 aliphatic heterocycles. The molecule has 150 valence electrons. The summed E-state index contributed by atoms with van der Waals surface area (Å²) in [6.45, 7) is 1.03. The largest absolute Gasteiger partial charge is 0.493 e. The van der Waals surface area contributed by atoms with Crippen molar-refractivity contribution < 1.29 is 24.5 Å². The van der Waals surface area contributed by atoms with E-state index in [1.807, 2.05) is 0 Å². The molecule has 0 radical (unpaired) electrons. The third-order valence-electron chi connectivity index (χ3n) is 4.63. The smallest absolute Gasteiger partial charge is 0.337 e. The van der Waals surface area contributed by atoms with Crippen molar-refractivity contribution in [3.63, 3.8) is 0 Å². The van der Waals surface area contributed by atoms with Gasteiger partial charge in [0.2, 0.25) is 0 Å². The average molecular weight is 378 g/mol. The Morgan fingerprint density at radius 3 is 2.59 bits per heavy atom. The minimum Gasteiger partial charge on any atom is -0.493 e. The Balaban J connectivity index is 2.11. The van der Waals surface area contributed by atoms with Crippen LogP contribution in [0.4, 0.5) is 0 Å². The summed E-state index contributed by atoms with van der Waals surface area (Å²) < 4.78 is 11.2. The summed E-state index contributed by atoms with van der Waals surface area (Å²) in [5.41, 5.74) is 4.22. The fourth-order valence-corrected chi connectivity index (χ4v) is 2.89. The van der Waals surface area contributed by atoms with E-state index < -0.39 is 17.6 Å². The SMILES string of the molecule is N[C@H]1COCCCCC=CCCCCOc2ccnc(c2)C[C@]1(O)C(=O)O. The van der Waals surface area contributed by atoms with E-state index in [9.17, 15) is 15.0 Å². The van der Waals surface area contributed by atoms with Crippen molar-refractivity contribution in [2.45, 2.75) is 56.6 Å². The van der Waals surface area contributed by atoms with E-state index in [1.165, 1.54) is 0 Å². The predicted octanol–water partition coefficient (Wildman–Crippen LogP) is 2.07. The second kappa shape index (κ2) is 11.0. The van der Waals surface area contributed by atoms with Crippen LogP contribution in [0.15, 0.2) is 30.5 Å². The lowest BCUT2D eigenvalue weighted by atomic mass is 9.89. The molecular weight excluding hydrogens is 348 g/mol. The van der Waals surface area contributed by atoms with Crippen LogP contribution in [0.5, 0.6) is 5.75 Å². The number of nitrogens with zero attached hydrogens (tertiary/aromatic N) is 1. The quantitative estimate of drug-likeness (QED) is 0.641. The normalized spacial score (nSPS) is 26.2. The molecule has 2 atom stereocenters. The molecule has 7 nitrogen and oxygen atoms in total. The van der Waals surface area contributed by atoms with Crippen LogP contribution in [0.3, 0.4) is 0 Å². The van der Waals surface area contributed by atoms with E-state index in [4.69, 9.17) is 15.2 Å². The van der Waals surface area contributed by atoms with Gasteiger partial charge in [-0.3, -0.25) is 4.98 Å². The molecule has 0 saturated heterocycles. The highest BCUT2D eigenvalue weighted by molar-refractivity contribution is 5.78. The fourth-order valence-electron chi connectivity index (χ4n) is 2.89. The number of allylic oxidation sites excluding steroid dienone is 2. The van der Waals surface area contributed by atoms with Crippen LogP contribution in [0.25, 0.3) is 0 Å². The summed E-state index contributed by atoms with van der Waals surface area (Å²) in [5.74, 6) is -0.784. The number of fused-ring (bicyclic) bond motifs is 2. The summed E-state index contributed by atoms with van der Waals surface area (Å²) in [5, 5.41) is 20.2. The number of ether oxygens (including phenoxy) is 2. The Labute approximate surface area is 160 Å². The van der Waals surface area contributed by atoms with Gasteiger partial charge in [-0.25, -0.2) is 4.79 Å². The highest BCUT2D eigenvalue weighted by atomic mass is 16.5. The van der Waals surface area contributed by atoms with E-state index in [0.29, 0.717) is 24.7 Å². The molecule has 4 N–H and O–H groups in total. The lowest BCUT2D eigenvalue weighted by molar-refractivity contribution is -0.162. The van der Waals surface area contributed by atoms with Crippen molar-refractivity contribution in [2.75, 3.05) is 19.8 Å². The number of nitrogens with two attached hydrogens (primary N) is 1. The first kappa shape index (κ1) is 21.3. The van der Waals surface area contributed by atoms with Crippen molar-refractivity contribution in [2.24, 2.45) is 5.73 Å². The molecule has 0 aromatic carbocycles. The Morgan fingerprint density at radius 1 is 1.19 bits per heavy atom. The average Bonchev–Trinajstić information content (AvgIpc) is 2.64. The van der Waals surface area contributed by atoms with Crippen LogP contribution in [-0.2, 0) is 16.0 Å². The van der Waals surface area contributed by atoms with Crippen LogP contribution in [-0.4, -0.2) is 52.6 Å². The molecule has 2 rings (SSSR count). The van der Waals surface area contributed by atoms with Crippen molar-refractivity contribution in [1.29, 1.82) is 0 Å². The Kier molecular flexibility index (Phi) is 8.71. The first-order chi connectivity index (χ1) is 13.0.